The molecule has 0 saturated heterocycles. The molecule has 0 aliphatic carbocycles. The van der Waals surface area contributed by atoms with Gasteiger partial charge in [0.1, 0.15) is 5.82 Å². The molecule has 0 aliphatic heterocycles. The molecule has 5 heteroatoms. The monoisotopic (exact) mass is 261 g/mol. The number of rotatable bonds is 5. The highest BCUT2D eigenvalue weighted by atomic mass is 19.1. The third kappa shape index (κ3) is 3.90. The van der Waals surface area contributed by atoms with Gasteiger partial charge in [-0.3, -0.25) is 4.79 Å². The third-order valence-corrected chi connectivity index (χ3v) is 2.70. The largest absolute Gasteiger partial charge is 0.340 e. The standard InChI is InChI=1S/C14H16FN3O/c1-3-4-13(17)14(19)18(2)9-11-7-10(8-16)5-6-12(11)15/h3,5-7,13H,1,4,9,17H2,2H3. The molecule has 0 aliphatic rings. The molecular weight excluding hydrogens is 245 g/mol. The quantitative estimate of drug-likeness (QED) is 0.818. The summed E-state index contributed by atoms with van der Waals surface area (Å²) in [5, 5.41) is 8.77. The van der Waals surface area contributed by atoms with E-state index in [0.29, 0.717) is 17.5 Å². The molecule has 0 saturated carbocycles. The first-order valence-corrected chi connectivity index (χ1v) is 5.79. The number of halogens is 1. The van der Waals surface area contributed by atoms with Crippen molar-refractivity contribution in [3.05, 3.63) is 47.8 Å². The summed E-state index contributed by atoms with van der Waals surface area (Å²) in [4.78, 5) is 13.2. The van der Waals surface area contributed by atoms with Gasteiger partial charge in [-0.15, -0.1) is 6.58 Å². The average molecular weight is 261 g/mol. The van der Waals surface area contributed by atoms with E-state index < -0.39 is 11.9 Å². The molecule has 19 heavy (non-hydrogen) atoms. The van der Waals surface area contributed by atoms with Gasteiger partial charge in [-0.05, 0) is 24.6 Å². The number of hydrogen-bond donors (Lipinski definition) is 1. The van der Waals surface area contributed by atoms with Gasteiger partial charge in [0, 0.05) is 19.2 Å². The zero-order chi connectivity index (χ0) is 14.4. The Bertz CT molecular complexity index is 522. The smallest absolute Gasteiger partial charge is 0.239 e. The van der Waals surface area contributed by atoms with Crippen LogP contribution in [-0.2, 0) is 11.3 Å². The van der Waals surface area contributed by atoms with E-state index >= 15 is 0 Å². The van der Waals surface area contributed by atoms with Crippen molar-refractivity contribution in [3.63, 3.8) is 0 Å². The van der Waals surface area contributed by atoms with E-state index in [4.69, 9.17) is 11.0 Å². The van der Waals surface area contributed by atoms with Crippen LogP contribution in [0.5, 0.6) is 0 Å². The molecule has 2 N–H and O–H groups in total. The molecule has 1 aromatic rings. The van der Waals surface area contributed by atoms with Crippen LogP contribution in [0.1, 0.15) is 17.5 Å². The van der Waals surface area contributed by atoms with E-state index in [1.807, 2.05) is 6.07 Å². The Morgan fingerprint density at radius 2 is 2.37 bits per heavy atom. The number of nitriles is 1. The first kappa shape index (κ1) is 14.9. The lowest BCUT2D eigenvalue weighted by molar-refractivity contribution is -0.131. The van der Waals surface area contributed by atoms with Crippen molar-refractivity contribution in [1.29, 1.82) is 5.26 Å². The van der Waals surface area contributed by atoms with Crippen LogP contribution in [0.3, 0.4) is 0 Å². The lowest BCUT2D eigenvalue weighted by Crippen LogP contribution is -2.41. The molecule has 0 spiro atoms. The van der Waals surface area contributed by atoms with Crippen LogP contribution in [-0.4, -0.2) is 23.9 Å². The Hall–Kier alpha value is -2.19. The topological polar surface area (TPSA) is 70.1 Å². The van der Waals surface area contributed by atoms with Crippen molar-refractivity contribution in [3.8, 4) is 6.07 Å². The van der Waals surface area contributed by atoms with Crippen LogP contribution < -0.4 is 5.73 Å². The number of amides is 1. The maximum atomic E-state index is 13.6. The number of nitrogens with two attached hydrogens (primary N) is 1. The average Bonchev–Trinajstić information content (AvgIpc) is 2.40. The molecule has 0 bridgehead atoms. The van der Waals surface area contributed by atoms with Crippen LogP contribution in [0.4, 0.5) is 4.39 Å². The summed E-state index contributed by atoms with van der Waals surface area (Å²) in [7, 11) is 1.55. The Morgan fingerprint density at radius 1 is 1.68 bits per heavy atom. The maximum absolute atomic E-state index is 13.6. The SMILES string of the molecule is C=CCC(N)C(=O)N(C)Cc1cc(C#N)ccc1F. The van der Waals surface area contributed by atoms with Crippen molar-refractivity contribution in [2.45, 2.75) is 19.0 Å². The molecule has 1 rings (SSSR count). The fourth-order valence-corrected chi connectivity index (χ4v) is 1.66. The Kier molecular flexibility index (Phi) is 5.22. The van der Waals surface area contributed by atoms with Gasteiger partial charge in [0.05, 0.1) is 17.7 Å². The van der Waals surface area contributed by atoms with E-state index in [0.717, 1.165) is 0 Å². The second-order valence-electron chi connectivity index (χ2n) is 4.24. The highest BCUT2D eigenvalue weighted by Gasteiger charge is 2.18. The lowest BCUT2D eigenvalue weighted by atomic mass is 10.1. The van der Waals surface area contributed by atoms with Gasteiger partial charge in [0.15, 0.2) is 0 Å². The minimum Gasteiger partial charge on any atom is -0.340 e. The van der Waals surface area contributed by atoms with Crippen LogP contribution in [0.2, 0.25) is 0 Å². The number of nitrogens with zero attached hydrogens (tertiary/aromatic N) is 2. The minimum absolute atomic E-state index is 0.0744. The first-order chi connectivity index (χ1) is 8.99. The summed E-state index contributed by atoms with van der Waals surface area (Å²) in [5.41, 5.74) is 6.31. The molecule has 0 radical (unpaired) electrons. The van der Waals surface area contributed by atoms with E-state index in [2.05, 4.69) is 6.58 Å². The van der Waals surface area contributed by atoms with Crippen molar-refractivity contribution in [2.24, 2.45) is 5.73 Å². The zero-order valence-electron chi connectivity index (χ0n) is 10.8. The Balaban J connectivity index is 2.82. The maximum Gasteiger partial charge on any atom is 0.239 e. The van der Waals surface area contributed by atoms with E-state index in [1.54, 1.807) is 13.1 Å². The highest BCUT2D eigenvalue weighted by molar-refractivity contribution is 5.81. The first-order valence-electron chi connectivity index (χ1n) is 5.79. The number of likely N-dealkylation sites (N-methyl/N-ethyl adjacent to an activating group) is 1. The fourth-order valence-electron chi connectivity index (χ4n) is 1.66. The predicted molar refractivity (Wildman–Crippen MR) is 70.4 cm³/mol. The van der Waals surface area contributed by atoms with Crippen molar-refractivity contribution < 1.29 is 9.18 Å². The molecular formula is C14H16FN3O. The van der Waals surface area contributed by atoms with E-state index in [9.17, 15) is 9.18 Å². The van der Waals surface area contributed by atoms with Crippen LogP contribution >= 0.6 is 0 Å². The summed E-state index contributed by atoms with van der Waals surface area (Å²) in [6, 6.07) is 5.30. The number of carbonyl (C=O) groups excluding carboxylic acids is 1. The molecule has 4 nitrogen and oxygen atoms in total. The van der Waals surface area contributed by atoms with Crippen LogP contribution in [0, 0.1) is 17.1 Å². The van der Waals surface area contributed by atoms with Crippen molar-refractivity contribution in [2.75, 3.05) is 7.05 Å². The van der Waals surface area contributed by atoms with Gasteiger partial charge < -0.3 is 10.6 Å². The summed E-state index contributed by atoms with van der Waals surface area (Å²) in [6.07, 6.45) is 1.93. The molecule has 100 valence electrons. The molecule has 1 atom stereocenters. The molecule has 1 aromatic carbocycles. The summed E-state index contributed by atoms with van der Waals surface area (Å²) in [6.45, 7) is 3.59. The summed E-state index contributed by atoms with van der Waals surface area (Å²) < 4.78 is 13.6. The lowest BCUT2D eigenvalue weighted by Gasteiger charge is -2.21. The normalized spacial score (nSPS) is 11.5. The van der Waals surface area contributed by atoms with Crippen LogP contribution in [0.15, 0.2) is 30.9 Å². The molecule has 0 aromatic heterocycles. The highest BCUT2D eigenvalue weighted by Crippen LogP contribution is 2.13. The number of benzene rings is 1. The molecule has 1 amide bonds. The molecule has 1 unspecified atom stereocenters. The molecule has 0 fully saturated rings. The zero-order valence-corrected chi connectivity index (χ0v) is 10.8. The Morgan fingerprint density at radius 3 is 2.95 bits per heavy atom. The Labute approximate surface area is 111 Å². The van der Waals surface area contributed by atoms with E-state index in [1.165, 1.54) is 23.1 Å². The van der Waals surface area contributed by atoms with Crippen molar-refractivity contribution >= 4 is 5.91 Å². The predicted octanol–water partition coefficient (Wildman–Crippen LogP) is 1.56. The molecule has 0 heterocycles. The third-order valence-electron chi connectivity index (χ3n) is 2.70. The van der Waals surface area contributed by atoms with Gasteiger partial charge in [-0.1, -0.05) is 6.08 Å². The summed E-state index contributed by atoms with van der Waals surface area (Å²) >= 11 is 0. The van der Waals surface area contributed by atoms with Gasteiger partial charge in [0.2, 0.25) is 5.91 Å². The second-order valence-corrected chi connectivity index (χ2v) is 4.24. The van der Waals surface area contributed by atoms with Gasteiger partial charge in [-0.25, -0.2) is 4.39 Å². The van der Waals surface area contributed by atoms with Gasteiger partial charge in [-0.2, -0.15) is 5.26 Å². The fraction of sp³-hybridized carbons (Fsp3) is 0.286. The second kappa shape index (κ2) is 6.66. The van der Waals surface area contributed by atoms with Crippen molar-refractivity contribution in [1.82, 2.24) is 4.90 Å². The van der Waals surface area contributed by atoms with Gasteiger partial charge >= 0.3 is 0 Å². The van der Waals surface area contributed by atoms with E-state index in [-0.39, 0.29) is 12.5 Å². The number of carbonyl (C=O) groups is 1. The van der Waals surface area contributed by atoms with Crippen LogP contribution in [0.25, 0.3) is 0 Å². The number of hydrogen-bond acceptors (Lipinski definition) is 3. The van der Waals surface area contributed by atoms with Gasteiger partial charge in [0.25, 0.3) is 0 Å². The summed E-state index contributed by atoms with van der Waals surface area (Å²) in [5.74, 6) is -0.738. The minimum atomic E-state index is -0.676.